The van der Waals surface area contributed by atoms with Crippen LogP contribution in [0.25, 0.3) is 22.3 Å². The molecule has 1 radical (unpaired) electrons. The van der Waals surface area contributed by atoms with Crippen molar-refractivity contribution in [3.05, 3.63) is 126 Å². The van der Waals surface area contributed by atoms with Crippen LogP contribution in [0.4, 0.5) is 0 Å². The van der Waals surface area contributed by atoms with Crippen LogP contribution in [-0.2, 0) is 11.2 Å². The van der Waals surface area contributed by atoms with Gasteiger partial charge in [0.05, 0.1) is 0 Å². The van der Waals surface area contributed by atoms with Crippen LogP contribution in [-0.4, -0.2) is 10.2 Å². The molecule has 4 aromatic carbocycles. The largest absolute Gasteiger partial charge is 0.380 e. The van der Waals surface area contributed by atoms with Crippen molar-refractivity contribution in [1.29, 1.82) is 0 Å². The third kappa shape index (κ3) is 3.02. The lowest BCUT2D eigenvalue weighted by atomic mass is 9.84. The normalized spacial score (nSPS) is 16.1. The second-order valence-corrected chi connectivity index (χ2v) is 9.26. The highest BCUT2D eigenvalue weighted by atomic mass is 16.3. The summed E-state index contributed by atoms with van der Waals surface area (Å²) in [4.78, 5) is 0. The van der Waals surface area contributed by atoms with Crippen molar-refractivity contribution in [3.8, 4) is 22.3 Å². The molecule has 4 aromatic rings. The molecule has 0 bridgehead atoms. The molecule has 163 valence electrons. The Bertz CT molecular complexity index is 1140. The molecule has 0 atom stereocenters. The quantitative estimate of drug-likeness (QED) is 0.338. The van der Waals surface area contributed by atoms with E-state index in [1.54, 1.807) is 0 Å². The molecule has 0 unspecified atom stereocenters. The third-order valence-corrected chi connectivity index (χ3v) is 7.43. The summed E-state index contributed by atoms with van der Waals surface area (Å²) in [6.45, 7) is 0. The second-order valence-electron chi connectivity index (χ2n) is 9.26. The first-order valence-corrected chi connectivity index (χ1v) is 11.8. The second kappa shape index (κ2) is 7.69. The monoisotopic (exact) mass is 431 g/mol. The van der Waals surface area contributed by atoms with E-state index in [1.807, 2.05) is 60.7 Å². The van der Waals surface area contributed by atoms with Gasteiger partial charge < -0.3 is 10.2 Å². The Morgan fingerprint density at radius 1 is 0.515 bits per heavy atom. The summed E-state index contributed by atoms with van der Waals surface area (Å²) >= 11 is 0. The summed E-state index contributed by atoms with van der Waals surface area (Å²) in [5, 5.41) is 23.5. The van der Waals surface area contributed by atoms with Crippen molar-refractivity contribution in [2.45, 2.75) is 36.9 Å². The number of hydrogen-bond acceptors (Lipinski definition) is 2. The van der Waals surface area contributed by atoms with E-state index in [-0.39, 0.29) is 0 Å². The van der Waals surface area contributed by atoms with E-state index in [2.05, 4.69) is 42.8 Å². The van der Waals surface area contributed by atoms with Crippen LogP contribution in [0.5, 0.6) is 0 Å². The highest BCUT2D eigenvalue weighted by Gasteiger charge is 2.42. The lowest BCUT2D eigenvalue weighted by molar-refractivity contribution is 0.0721. The molecule has 0 spiro atoms. The molecule has 2 aliphatic carbocycles. The van der Waals surface area contributed by atoms with Crippen LogP contribution < -0.4 is 0 Å². The molecule has 0 amide bonds. The average Bonchev–Trinajstić information content (AvgIpc) is 3.27. The molecule has 0 saturated carbocycles. The molecular formula is C31H27O2. The SMILES string of the molecule is OC1([CH]CCCCC2(O)c3ccccc3-c3ccccc32)c2ccccc2-c2ccccc21. The van der Waals surface area contributed by atoms with Crippen molar-refractivity contribution >= 4 is 0 Å². The Balaban J connectivity index is 1.18. The fourth-order valence-corrected chi connectivity index (χ4v) is 5.87. The fourth-order valence-electron chi connectivity index (χ4n) is 5.87. The summed E-state index contributed by atoms with van der Waals surface area (Å²) in [5.74, 6) is 0. The molecule has 6 rings (SSSR count). The first kappa shape index (κ1) is 20.4. The van der Waals surface area contributed by atoms with Crippen LogP contribution in [0, 0.1) is 6.42 Å². The Labute approximate surface area is 195 Å². The summed E-state index contributed by atoms with van der Waals surface area (Å²) in [6.07, 6.45) is 5.27. The van der Waals surface area contributed by atoms with Gasteiger partial charge >= 0.3 is 0 Å². The maximum atomic E-state index is 11.8. The highest BCUT2D eigenvalue weighted by molar-refractivity contribution is 5.81. The average molecular weight is 432 g/mol. The number of aliphatic hydroxyl groups is 2. The standard InChI is InChI=1S/C31H27O2/c32-30(26-16-6-2-12-22(26)23-13-3-7-17-27(23)30)20-10-1-11-21-31(33)28-18-8-4-14-24(28)25-15-5-9-19-29(25)31/h2-9,12-20,32-33H,1,10-11,21H2. The van der Waals surface area contributed by atoms with Crippen LogP contribution in [0.15, 0.2) is 97.1 Å². The van der Waals surface area contributed by atoms with Crippen LogP contribution >= 0.6 is 0 Å². The summed E-state index contributed by atoms with van der Waals surface area (Å²) in [6, 6.07) is 32.7. The minimum Gasteiger partial charge on any atom is -0.380 e. The maximum absolute atomic E-state index is 11.8. The van der Waals surface area contributed by atoms with Gasteiger partial charge in [-0.1, -0.05) is 103 Å². The third-order valence-electron chi connectivity index (χ3n) is 7.43. The Morgan fingerprint density at radius 3 is 1.39 bits per heavy atom. The molecule has 33 heavy (non-hydrogen) atoms. The van der Waals surface area contributed by atoms with Crippen molar-refractivity contribution in [2.75, 3.05) is 0 Å². The first-order valence-electron chi connectivity index (χ1n) is 11.8. The van der Waals surface area contributed by atoms with E-state index in [1.165, 1.54) is 0 Å². The van der Waals surface area contributed by atoms with Crippen molar-refractivity contribution in [3.63, 3.8) is 0 Å². The number of benzene rings is 4. The maximum Gasteiger partial charge on any atom is 0.119 e. The summed E-state index contributed by atoms with van der Waals surface area (Å²) in [5.41, 5.74) is 6.42. The molecule has 2 N–H and O–H groups in total. The van der Waals surface area contributed by atoms with Crippen molar-refractivity contribution in [1.82, 2.24) is 0 Å². The molecule has 2 aliphatic rings. The Hall–Kier alpha value is -3.20. The zero-order chi connectivity index (χ0) is 22.5. The summed E-state index contributed by atoms with van der Waals surface area (Å²) in [7, 11) is 0. The van der Waals surface area contributed by atoms with Crippen molar-refractivity contribution < 1.29 is 10.2 Å². The van der Waals surface area contributed by atoms with E-state index >= 15 is 0 Å². The van der Waals surface area contributed by atoms with E-state index in [4.69, 9.17) is 0 Å². The predicted molar refractivity (Wildman–Crippen MR) is 133 cm³/mol. The van der Waals surface area contributed by atoms with Gasteiger partial charge in [-0.3, -0.25) is 0 Å². The fraction of sp³-hybridized carbons (Fsp3) is 0.194. The van der Waals surface area contributed by atoms with Gasteiger partial charge in [0.25, 0.3) is 0 Å². The zero-order valence-corrected chi connectivity index (χ0v) is 18.5. The van der Waals surface area contributed by atoms with Gasteiger partial charge in [-0.15, -0.1) is 0 Å². The number of unbranched alkanes of at least 4 members (excludes halogenated alkanes) is 2. The number of hydrogen-bond donors (Lipinski definition) is 2. The van der Waals surface area contributed by atoms with Gasteiger partial charge in [0.15, 0.2) is 0 Å². The minimum atomic E-state index is -1.06. The Kier molecular flexibility index (Phi) is 4.76. The lowest BCUT2D eigenvalue weighted by Gasteiger charge is -2.27. The van der Waals surface area contributed by atoms with Crippen LogP contribution in [0.2, 0.25) is 0 Å². The van der Waals surface area contributed by atoms with Crippen LogP contribution in [0.1, 0.15) is 47.9 Å². The highest BCUT2D eigenvalue weighted by Crippen LogP contribution is 2.51. The number of fused-ring (bicyclic) bond motifs is 6. The van der Waals surface area contributed by atoms with Crippen molar-refractivity contribution in [2.24, 2.45) is 0 Å². The van der Waals surface area contributed by atoms with E-state index in [0.29, 0.717) is 6.42 Å². The zero-order valence-electron chi connectivity index (χ0n) is 18.5. The van der Waals surface area contributed by atoms with Gasteiger partial charge in [-0.05, 0) is 63.8 Å². The molecule has 2 nitrogen and oxygen atoms in total. The molecule has 0 fully saturated rings. The molecule has 0 saturated heterocycles. The molecular weight excluding hydrogens is 404 g/mol. The van der Waals surface area contributed by atoms with Crippen LogP contribution in [0.3, 0.4) is 0 Å². The first-order chi connectivity index (χ1) is 16.1. The molecule has 0 aliphatic heterocycles. The predicted octanol–water partition coefficient (Wildman–Crippen LogP) is 6.58. The van der Waals surface area contributed by atoms with Gasteiger partial charge in [0.2, 0.25) is 0 Å². The Morgan fingerprint density at radius 2 is 0.909 bits per heavy atom. The molecule has 0 heterocycles. The van der Waals surface area contributed by atoms with Gasteiger partial charge in [-0.2, -0.15) is 0 Å². The molecule has 0 aromatic heterocycles. The smallest absolute Gasteiger partial charge is 0.119 e. The van der Waals surface area contributed by atoms with Gasteiger partial charge in [0.1, 0.15) is 11.2 Å². The van der Waals surface area contributed by atoms with E-state index in [9.17, 15) is 10.2 Å². The minimum absolute atomic E-state index is 0.667. The van der Waals surface area contributed by atoms with E-state index in [0.717, 1.165) is 63.8 Å². The topological polar surface area (TPSA) is 40.5 Å². The van der Waals surface area contributed by atoms with Gasteiger partial charge in [-0.25, -0.2) is 0 Å². The van der Waals surface area contributed by atoms with E-state index < -0.39 is 11.2 Å². The number of rotatable bonds is 6. The molecule has 2 heteroatoms. The lowest BCUT2D eigenvalue weighted by Crippen LogP contribution is -2.26. The summed E-state index contributed by atoms with van der Waals surface area (Å²) < 4.78 is 0. The van der Waals surface area contributed by atoms with Gasteiger partial charge in [0, 0.05) is 6.42 Å².